The van der Waals surface area contributed by atoms with E-state index in [2.05, 4.69) is 11.4 Å². The number of rotatable bonds is 7. The summed E-state index contributed by atoms with van der Waals surface area (Å²) in [5.41, 5.74) is 2.57. The van der Waals surface area contributed by atoms with Crippen molar-refractivity contribution in [2.45, 2.75) is 19.5 Å². The number of amides is 1. The van der Waals surface area contributed by atoms with Crippen LogP contribution >= 0.6 is 0 Å². The van der Waals surface area contributed by atoms with Crippen LogP contribution in [0.4, 0.5) is 4.39 Å². The molecule has 6 heteroatoms. The maximum atomic E-state index is 13.7. The predicted octanol–water partition coefficient (Wildman–Crippen LogP) is 4.03. The number of benzene rings is 2. The first-order valence-corrected chi connectivity index (χ1v) is 8.85. The molecule has 1 heterocycles. The highest BCUT2D eigenvalue weighted by Gasteiger charge is 2.07. The second-order valence-corrected chi connectivity index (χ2v) is 6.22. The van der Waals surface area contributed by atoms with Gasteiger partial charge >= 0.3 is 0 Å². The topological polar surface area (TPSA) is 67.0 Å². The number of halogens is 1. The molecule has 0 aliphatic heterocycles. The van der Waals surface area contributed by atoms with Crippen LogP contribution in [0.5, 0.6) is 5.75 Å². The van der Waals surface area contributed by atoms with Crippen molar-refractivity contribution in [1.82, 2.24) is 9.88 Å². The lowest BCUT2D eigenvalue weighted by Crippen LogP contribution is -2.20. The van der Waals surface area contributed by atoms with E-state index >= 15 is 0 Å². The third-order valence-electron chi connectivity index (χ3n) is 4.38. The van der Waals surface area contributed by atoms with Gasteiger partial charge in [-0.05, 0) is 29.8 Å². The number of fused-ring (bicyclic) bond motifs is 1. The molecule has 1 N–H and O–H groups in total. The van der Waals surface area contributed by atoms with Crippen molar-refractivity contribution in [2.75, 3.05) is 7.11 Å². The lowest BCUT2D eigenvalue weighted by molar-refractivity contribution is -0.116. The molecule has 5 nitrogen and oxygen atoms in total. The Kier molecular flexibility index (Phi) is 6.07. The molecule has 0 saturated heterocycles. The first-order valence-electron chi connectivity index (χ1n) is 8.85. The normalized spacial score (nSPS) is 10.9. The van der Waals surface area contributed by atoms with Gasteiger partial charge in [0, 0.05) is 41.8 Å². The van der Waals surface area contributed by atoms with E-state index in [-0.39, 0.29) is 18.2 Å². The average molecular weight is 377 g/mol. The molecule has 1 aromatic heterocycles. The Labute approximate surface area is 162 Å². The van der Waals surface area contributed by atoms with Gasteiger partial charge in [-0.15, -0.1) is 0 Å². The number of aryl methyl sites for hydroxylation is 1. The zero-order valence-corrected chi connectivity index (χ0v) is 15.5. The molecule has 0 radical (unpaired) electrons. The van der Waals surface area contributed by atoms with Crippen LogP contribution in [0, 0.1) is 17.1 Å². The van der Waals surface area contributed by atoms with Crippen LogP contribution in [-0.4, -0.2) is 17.6 Å². The minimum atomic E-state index is -0.463. The maximum Gasteiger partial charge on any atom is 0.244 e. The Morgan fingerprint density at radius 3 is 2.89 bits per heavy atom. The van der Waals surface area contributed by atoms with E-state index in [1.807, 2.05) is 35.0 Å². The Balaban J connectivity index is 1.69. The molecule has 142 valence electrons. The SMILES string of the molecule is COc1ccc(CNC(=O)C=Cc2cn(CCC#N)c3ccccc23)cc1F. The number of hydrogen-bond donors (Lipinski definition) is 1. The number of nitriles is 1. The zero-order valence-electron chi connectivity index (χ0n) is 15.5. The van der Waals surface area contributed by atoms with Crippen molar-refractivity contribution in [2.24, 2.45) is 0 Å². The van der Waals surface area contributed by atoms with Crippen LogP contribution < -0.4 is 10.1 Å². The molecule has 0 spiro atoms. The van der Waals surface area contributed by atoms with Crippen LogP contribution in [0.25, 0.3) is 17.0 Å². The fraction of sp³-hybridized carbons (Fsp3) is 0.182. The summed E-state index contributed by atoms with van der Waals surface area (Å²) in [6, 6.07) is 14.6. The molecule has 0 bridgehead atoms. The van der Waals surface area contributed by atoms with E-state index in [4.69, 9.17) is 10.00 Å². The average Bonchev–Trinajstić information content (AvgIpc) is 3.07. The molecule has 0 atom stereocenters. The summed E-state index contributed by atoms with van der Waals surface area (Å²) in [5, 5.41) is 12.6. The molecule has 1 amide bonds. The third kappa shape index (κ3) is 4.38. The van der Waals surface area contributed by atoms with Gasteiger partial charge in [0.1, 0.15) is 0 Å². The van der Waals surface area contributed by atoms with Crippen molar-refractivity contribution in [3.05, 3.63) is 71.7 Å². The quantitative estimate of drug-likeness (QED) is 0.632. The largest absolute Gasteiger partial charge is 0.494 e. The molecule has 0 unspecified atom stereocenters. The summed E-state index contributed by atoms with van der Waals surface area (Å²) in [6.07, 6.45) is 5.55. The number of methoxy groups -OCH3 is 1. The number of carbonyl (C=O) groups excluding carboxylic acids is 1. The summed E-state index contributed by atoms with van der Waals surface area (Å²) < 4.78 is 20.6. The van der Waals surface area contributed by atoms with Crippen LogP contribution in [0.1, 0.15) is 17.5 Å². The minimum Gasteiger partial charge on any atom is -0.494 e. The van der Waals surface area contributed by atoms with Crippen LogP contribution in [0.3, 0.4) is 0 Å². The standard InChI is InChI=1S/C22H20FN3O2/c1-28-21-9-7-16(13-19(21)23)14-25-22(27)10-8-17-15-26(12-4-11-24)20-6-3-2-5-18(17)20/h2-3,5-10,13,15H,4,12,14H2,1H3,(H,25,27). The van der Waals surface area contributed by atoms with Crippen molar-refractivity contribution in [3.63, 3.8) is 0 Å². The fourth-order valence-electron chi connectivity index (χ4n) is 3.00. The molecule has 0 aliphatic rings. The second-order valence-electron chi connectivity index (χ2n) is 6.22. The van der Waals surface area contributed by atoms with Gasteiger partial charge in [-0.25, -0.2) is 4.39 Å². The smallest absolute Gasteiger partial charge is 0.244 e. The van der Waals surface area contributed by atoms with E-state index < -0.39 is 5.82 Å². The van der Waals surface area contributed by atoms with Gasteiger partial charge in [-0.1, -0.05) is 24.3 Å². The lowest BCUT2D eigenvalue weighted by Gasteiger charge is -2.05. The predicted molar refractivity (Wildman–Crippen MR) is 106 cm³/mol. The molecular formula is C22H20FN3O2. The Morgan fingerprint density at radius 2 is 2.14 bits per heavy atom. The molecule has 0 saturated carbocycles. The molecule has 3 aromatic rings. The summed E-state index contributed by atoms with van der Waals surface area (Å²) in [7, 11) is 1.40. The summed E-state index contributed by atoms with van der Waals surface area (Å²) in [6.45, 7) is 0.814. The Hall–Kier alpha value is -3.59. The number of nitrogens with one attached hydrogen (secondary N) is 1. The Morgan fingerprint density at radius 1 is 1.32 bits per heavy atom. The molecule has 3 rings (SSSR count). The fourth-order valence-corrected chi connectivity index (χ4v) is 3.00. The van der Waals surface area contributed by atoms with Crippen molar-refractivity contribution < 1.29 is 13.9 Å². The number of carbonyl (C=O) groups is 1. The Bertz CT molecular complexity index is 1060. The van der Waals surface area contributed by atoms with Crippen molar-refractivity contribution >= 4 is 22.9 Å². The van der Waals surface area contributed by atoms with Gasteiger partial charge in [0.25, 0.3) is 0 Å². The van der Waals surface area contributed by atoms with Crippen LogP contribution in [-0.2, 0) is 17.9 Å². The van der Waals surface area contributed by atoms with E-state index in [1.54, 1.807) is 12.1 Å². The minimum absolute atomic E-state index is 0.169. The number of nitrogens with zero attached hydrogens (tertiary/aromatic N) is 2. The van der Waals surface area contributed by atoms with E-state index in [9.17, 15) is 9.18 Å². The number of hydrogen-bond acceptors (Lipinski definition) is 3. The molecule has 0 aliphatic carbocycles. The number of para-hydroxylation sites is 1. The lowest BCUT2D eigenvalue weighted by atomic mass is 10.1. The highest BCUT2D eigenvalue weighted by molar-refractivity contribution is 5.96. The van der Waals surface area contributed by atoms with Gasteiger partial charge in [0.05, 0.1) is 19.6 Å². The van der Waals surface area contributed by atoms with Crippen LogP contribution in [0.2, 0.25) is 0 Å². The van der Waals surface area contributed by atoms with Gasteiger partial charge in [0.15, 0.2) is 11.6 Å². The summed E-state index contributed by atoms with van der Waals surface area (Å²) in [4.78, 5) is 12.1. The molecule has 2 aromatic carbocycles. The highest BCUT2D eigenvalue weighted by Crippen LogP contribution is 2.23. The summed E-state index contributed by atoms with van der Waals surface area (Å²) >= 11 is 0. The van der Waals surface area contributed by atoms with E-state index in [0.717, 1.165) is 16.5 Å². The van der Waals surface area contributed by atoms with Gasteiger partial charge in [-0.2, -0.15) is 5.26 Å². The van der Waals surface area contributed by atoms with E-state index in [1.165, 1.54) is 25.3 Å². The van der Waals surface area contributed by atoms with Gasteiger partial charge in [-0.3, -0.25) is 4.79 Å². The summed E-state index contributed by atoms with van der Waals surface area (Å²) in [5.74, 6) is -0.567. The molecular weight excluding hydrogens is 357 g/mol. The van der Waals surface area contributed by atoms with E-state index in [0.29, 0.717) is 18.5 Å². The number of ether oxygens (including phenoxy) is 1. The third-order valence-corrected chi connectivity index (χ3v) is 4.38. The monoisotopic (exact) mass is 377 g/mol. The van der Waals surface area contributed by atoms with Crippen molar-refractivity contribution in [1.29, 1.82) is 5.26 Å². The van der Waals surface area contributed by atoms with Gasteiger partial charge < -0.3 is 14.6 Å². The first kappa shape index (κ1) is 19.2. The highest BCUT2D eigenvalue weighted by atomic mass is 19.1. The first-order chi connectivity index (χ1) is 13.6. The number of aromatic nitrogens is 1. The maximum absolute atomic E-state index is 13.7. The van der Waals surface area contributed by atoms with Crippen molar-refractivity contribution in [3.8, 4) is 11.8 Å². The molecule has 28 heavy (non-hydrogen) atoms. The van der Waals surface area contributed by atoms with Gasteiger partial charge in [0.2, 0.25) is 5.91 Å². The second kappa shape index (κ2) is 8.87. The zero-order chi connectivity index (χ0) is 19.9. The molecule has 0 fully saturated rings. The van der Waals surface area contributed by atoms with Crippen LogP contribution in [0.15, 0.2) is 54.7 Å².